The fourth-order valence-electron chi connectivity index (χ4n) is 2.01. The molecule has 0 saturated carbocycles. The third kappa shape index (κ3) is 5.77. The number of hydrogen-bond donors (Lipinski definition) is 1. The van der Waals surface area contributed by atoms with Crippen molar-refractivity contribution in [2.75, 3.05) is 13.2 Å². The second-order valence-corrected chi connectivity index (χ2v) is 6.58. The molecule has 0 aliphatic heterocycles. The van der Waals surface area contributed by atoms with E-state index < -0.39 is 24.4 Å². The Morgan fingerprint density at radius 3 is 2.31 bits per heavy atom. The predicted molar refractivity (Wildman–Crippen MR) is 92.8 cm³/mol. The molecule has 138 valence electrons. The first-order valence-corrected chi connectivity index (χ1v) is 8.02. The highest BCUT2D eigenvalue weighted by atomic mass is 16.6. The monoisotopic (exact) mass is 359 g/mol. The molecule has 0 radical (unpaired) electrons. The molecule has 0 fully saturated rings. The maximum absolute atomic E-state index is 11.6. The predicted octanol–water partition coefficient (Wildman–Crippen LogP) is 2.46. The van der Waals surface area contributed by atoms with Gasteiger partial charge in [-0.25, -0.2) is 4.79 Å². The van der Waals surface area contributed by atoms with Crippen molar-refractivity contribution < 1.29 is 28.3 Å². The molecule has 0 unspecified atom stereocenters. The van der Waals surface area contributed by atoms with Crippen LogP contribution in [0.1, 0.15) is 36.9 Å². The molecule has 1 N–H and O–H groups in total. The van der Waals surface area contributed by atoms with E-state index in [1.807, 2.05) is 17.4 Å². The molecule has 0 atom stereocenters. The number of amides is 2. The van der Waals surface area contributed by atoms with E-state index in [-0.39, 0.29) is 17.8 Å². The van der Waals surface area contributed by atoms with Gasteiger partial charge in [0.1, 0.15) is 5.75 Å². The summed E-state index contributed by atoms with van der Waals surface area (Å²) >= 11 is 0. The third-order valence-electron chi connectivity index (χ3n) is 3.44. The van der Waals surface area contributed by atoms with Gasteiger partial charge in [-0.3, -0.25) is 14.9 Å². The van der Waals surface area contributed by atoms with E-state index in [1.165, 1.54) is 18.4 Å². The second kappa shape index (κ2) is 8.33. The van der Waals surface area contributed by atoms with Gasteiger partial charge in [0.2, 0.25) is 0 Å². The fourth-order valence-corrected chi connectivity index (χ4v) is 2.01. The SMILES string of the molecule is CC(C)(C)c1ccc(OCC(=O)OCC(=O)NC(=O)c2ccco2)cc1. The lowest BCUT2D eigenvalue weighted by molar-refractivity contribution is -0.150. The van der Waals surface area contributed by atoms with Gasteiger partial charge in [0, 0.05) is 0 Å². The Morgan fingerprint density at radius 1 is 1.04 bits per heavy atom. The van der Waals surface area contributed by atoms with E-state index in [0.717, 1.165) is 5.56 Å². The minimum absolute atomic E-state index is 0.00767. The van der Waals surface area contributed by atoms with Gasteiger partial charge in [-0.05, 0) is 35.2 Å². The van der Waals surface area contributed by atoms with E-state index in [4.69, 9.17) is 13.9 Å². The molecule has 0 bridgehead atoms. The van der Waals surface area contributed by atoms with Crippen LogP contribution < -0.4 is 10.1 Å². The molecule has 26 heavy (non-hydrogen) atoms. The number of furan rings is 1. The second-order valence-electron chi connectivity index (χ2n) is 6.58. The summed E-state index contributed by atoms with van der Waals surface area (Å²) in [5.41, 5.74) is 1.17. The summed E-state index contributed by atoms with van der Waals surface area (Å²) in [6.45, 7) is 5.37. The highest BCUT2D eigenvalue weighted by Gasteiger charge is 2.15. The largest absolute Gasteiger partial charge is 0.482 e. The first-order valence-electron chi connectivity index (χ1n) is 8.02. The van der Waals surface area contributed by atoms with Crippen molar-refractivity contribution in [2.24, 2.45) is 0 Å². The zero-order chi connectivity index (χ0) is 19.2. The van der Waals surface area contributed by atoms with Crippen LogP contribution in [0.2, 0.25) is 0 Å². The summed E-state index contributed by atoms with van der Waals surface area (Å²) in [4.78, 5) is 34.8. The molecule has 7 heteroatoms. The molecule has 0 saturated heterocycles. The highest BCUT2D eigenvalue weighted by Crippen LogP contribution is 2.24. The number of ether oxygens (including phenoxy) is 2. The number of nitrogens with one attached hydrogen (secondary N) is 1. The van der Waals surface area contributed by atoms with Crippen LogP contribution in [0.15, 0.2) is 47.1 Å². The maximum Gasteiger partial charge on any atom is 0.344 e. The van der Waals surface area contributed by atoms with Crippen LogP contribution in [0.5, 0.6) is 5.75 Å². The Bertz CT molecular complexity index is 756. The summed E-state index contributed by atoms with van der Waals surface area (Å²) in [5.74, 6) is -1.66. The molecule has 1 aromatic heterocycles. The average molecular weight is 359 g/mol. The van der Waals surface area contributed by atoms with Gasteiger partial charge >= 0.3 is 5.97 Å². The molecular formula is C19H21NO6. The van der Waals surface area contributed by atoms with Crippen molar-refractivity contribution in [3.05, 3.63) is 54.0 Å². The van der Waals surface area contributed by atoms with Gasteiger partial charge in [-0.1, -0.05) is 32.9 Å². The summed E-state index contributed by atoms with van der Waals surface area (Å²) < 4.78 is 14.9. The quantitative estimate of drug-likeness (QED) is 0.796. The minimum atomic E-state index is -0.755. The Morgan fingerprint density at radius 2 is 1.73 bits per heavy atom. The van der Waals surface area contributed by atoms with Crippen molar-refractivity contribution in [1.82, 2.24) is 5.32 Å². The molecule has 0 spiro atoms. The number of carbonyl (C=O) groups is 3. The number of rotatable bonds is 6. The number of benzene rings is 1. The van der Waals surface area contributed by atoms with Crippen molar-refractivity contribution in [2.45, 2.75) is 26.2 Å². The number of carbonyl (C=O) groups excluding carboxylic acids is 3. The van der Waals surface area contributed by atoms with Gasteiger partial charge in [-0.2, -0.15) is 0 Å². The lowest BCUT2D eigenvalue weighted by atomic mass is 9.87. The molecule has 1 heterocycles. The number of hydrogen-bond acceptors (Lipinski definition) is 6. The van der Waals surface area contributed by atoms with E-state index in [1.54, 1.807) is 12.1 Å². The summed E-state index contributed by atoms with van der Waals surface area (Å²) in [6.07, 6.45) is 1.31. The van der Waals surface area contributed by atoms with Crippen LogP contribution in [0.4, 0.5) is 0 Å². The van der Waals surface area contributed by atoms with Crippen molar-refractivity contribution in [3.8, 4) is 5.75 Å². The van der Waals surface area contributed by atoms with E-state index in [9.17, 15) is 14.4 Å². The van der Waals surface area contributed by atoms with Gasteiger partial charge in [0.25, 0.3) is 11.8 Å². The zero-order valence-corrected chi connectivity index (χ0v) is 14.9. The summed E-state index contributed by atoms with van der Waals surface area (Å²) in [5, 5.41) is 2.04. The van der Waals surface area contributed by atoms with Crippen molar-refractivity contribution >= 4 is 17.8 Å². The number of imide groups is 1. The van der Waals surface area contributed by atoms with Crippen LogP contribution in [-0.2, 0) is 19.7 Å². The summed E-state index contributed by atoms with van der Waals surface area (Å²) in [6, 6.07) is 10.3. The van der Waals surface area contributed by atoms with E-state index in [2.05, 4.69) is 20.8 Å². The van der Waals surface area contributed by atoms with Crippen LogP contribution in [0.3, 0.4) is 0 Å². The third-order valence-corrected chi connectivity index (χ3v) is 3.44. The van der Waals surface area contributed by atoms with Crippen LogP contribution in [0.25, 0.3) is 0 Å². The van der Waals surface area contributed by atoms with Crippen molar-refractivity contribution in [3.63, 3.8) is 0 Å². The fraction of sp³-hybridized carbons (Fsp3) is 0.316. The standard InChI is InChI=1S/C19H21NO6/c1-19(2,3)13-6-8-14(9-7-13)25-12-17(22)26-11-16(21)20-18(23)15-5-4-10-24-15/h4-10H,11-12H2,1-3H3,(H,20,21,23). The molecule has 2 rings (SSSR count). The van der Waals surface area contributed by atoms with E-state index in [0.29, 0.717) is 5.75 Å². The molecule has 0 aliphatic carbocycles. The van der Waals surface area contributed by atoms with Crippen LogP contribution in [-0.4, -0.2) is 31.0 Å². The van der Waals surface area contributed by atoms with Gasteiger partial charge in [0.15, 0.2) is 19.0 Å². The lowest BCUT2D eigenvalue weighted by Gasteiger charge is -2.19. The molecule has 2 aromatic rings. The smallest absolute Gasteiger partial charge is 0.344 e. The molecule has 2 amide bonds. The Kier molecular flexibility index (Phi) is 6.16. The van der Waals surface area contributed by atoms with Gasteiger partial charge in [-0.15, -0.1) is 0 Å². The summed E-state index contributed by atoms with van der Waals surface area (Å²) in [7, 11) is 0. The Labute approximate surface area is 151 Å². The average Bonchev–Trinajstić information content (AvgIpc) is 3.12. The minimum Gasteiger partial charge on any atom is -0.482 e. The zero-order valence-electron chi connectivity index (χ0n) is 14.9. The molecule has 0 aliphatic rings. The van der Waals surface area contributed by atoms with Gasteiger partial charge in [0.05, 0.1) is 6.26 Å². The highest BCUT2D eigenvalue weighted by molar-refractivity contribution is 6.03. The maximum atomic E-state index is 11.6. The normalized spacial score (nSPS) is 10.9. The first kappa shape index (κ1) is 19.2. The Balaban J connectivity index is 1.71. The molecule has 7 nitrogen and oxygen atoms in total. The molecular weight excluding hydrogens is 338 g/mol. The van der Waals surface area contributed by atoms with Gasteiger partial charge < -0.3 is 13.9 Å². The van der Waals surface area contributed by atoms with Crippen LogP contribution in [0, 0.1) is 0 Å². The van der Waals surface area contributed by atoms with Crippen LogP contribution >= 0.6 is 0 Å². The Hall–Kier alpha value is -3.09. The lowest BCUT2D eigenvalue weighted by Crippen LogP contribution is -2.34. The first-order chi connectivity index (χ1) is 12.3. The number of esters is 1. The van der Waals surface area contributed by atoms with E-state index >= 15 is 0 Å². The van der Waals surface area contributed by atoms with Crippen molar-refractivity contribution in [1.29, 1.82) is 0 Å². The topological polar surface area (TPSA) is 94.8 Å². The molecule has 1 aromatic carbocycles.